The summed E-state index contributed by atoms with van der Waals surface area (Å²) in [6, 6.07) is 10.4. The number of thiol groups is 1. The van der Waals surface area contributed by atoms with Crippen LogP contribution in [0, 0.1) is 0 Å². The summed E-state index contributed by atoms with van der Waals surface area (Å²) in [5, 5.41) is 0. The molecule has 0 aromatic heterocycles. The first-order chi connectivity index (χ1) is 5.43. The van der Waals surface area contributed by atoms with Crippen molar-refractivity contribution < 1.29 is 0 Å². The highest BCUT2D eigenvalue weighted by atomic mass is 32.1. The molecule has 0 aliphatic heterocycles. The van der Waals surface area contributed by atoms with Crippen LogP contribution in [0.5, 0.6) is 0 Å². The predicted octanol–water partition coefficient (Wildman–Crippen LogP) is 2.72. The summed E-state index contributed by atoms with van der Waals surface area (Å²) in [7, 11) is 0. The lowest BCUT2D eigenvalue weighted by molar-refractivity contribution is 1.26. The molecule has 1 aromatic rings. The van der Waals surface area contributed by atoms with Crippen LogP contribution in [0.2, 0.25) is 0 Å². The third kappa shape index (κ3) is 3.28. The second kappa shape index (κ2) is 5.03. The largest absolute Gasteiger partial charge is 0.175 e. The molecule has 1 aromatic carbocycles. The zero-order valence-corrected chi connectivity index (χ0v) is 7.30. The summed E-state index contributed by atoms with van der Waals surface area (Å²) in [6.45, 7) is 0. The highest BCUT2D eigenvalue weighted by Gasteiger charge is 1.83. The molecule has 0 saturated carbocycles. The van der Waals surface area contributed by atoms with Gasteiger partial charge in [0.2, 0.25) is 0 Å². The molecule has 0 atom stereocenters. The molecule has 0 aliphatic carbocycles. The van der Waals surface area contributed by atoms with Gasteiger partial charge in [0.05, 0.1) is 0 Å². The minimum atomic E-state index is 0.826. The van der Waals surface area contributed by atoms with Crippen molar-refractivity contribution in [3.8, 4) is 0 Å². The monoisotopic (exact) mass is 164 g/mol. The molecule has 0 bridgehead atoms. The number of hydrogen-bond donors (Lipinski definition) is 1. The Balaban J connectivity index is 2.45. The second-order valence-corrected chi connectivity index (χ2v) is 2.71. The van der Waals surface area contributed by atoms with E-state index in [1.54, 1.807) is 0 Å². The summed E-state index contributed by atoms with van der Waals surface area (Å²) in [5.41, 5.74) is 1.35. The summed E-state index contributed by atoms with van der Waals surface area (Å²) in [5.74, 6) is 0.826. The minimum absolute atomic E-state index is 0.826. The lowest BCUT2D eigenvalue weighted by atomic mass is 10.1. The molecule has 0 radical (unpaired) electrons. The number of benzene rings is 1. The van der Waals surface area contributed by atoms with Gasteiger partial charge in [0.1, 0.15) is 0 Å². The van der Waals surface area contributed by atoms with Crippen molar-refractivity contribution in [1.29, 1.82) is 0 Å². The van der Waals surface area contributed by atoms with Crippen molar-refractivity contribution in [3.63, 3.8) is 0 Å². The molecule has 11 heavy (non-hydrogen) atoms. The first-order valence-electron chi connectivity index (χ1n) is 3.73. The molecule has 0 heterocycles. The van der Waals surface area contributed by atoms with Crippen molar-refractivity contribution in [2.24, 2.45) is 0 Å². The standard InChI is InChI=1S/C10H12S/c11-9-5-4-8-10-6-2-1-3-7-10/h1-7,11H,8-9H2/b5-4+. The molecule has 0 aliphatic rings. The van der Waals surface area contributed by atoms with Crippen LogP contribution in [-0.4, -0.2) is 5.75 Å². The smallest absolute Gasteiger partial charge is 0.00826 e. The van der Waals surface area contributed by atoms with E-state index in [2.05, 4.69) is 49.0 Å². The van der Waals surface area contributed by atoms with Gasteiger partial charge < -0.3 is 0 Å². The van der Waals surface area contributed by atoms with Crippen LogP contribution in [0.15, 0.2) is 42.5 Å². The van der Waals surface area contributed by atoms with Gasteiger partial charge >= 0.3 is 0 Å². The molecule has 1 rings (SSSR count). The molecular weight excluding hydrogens is 152 g/mol. The third-order valence-corrected chi connectivity index (χ3v) is 1.68. The zero-order valence-electron chi connectivity index (χ0n) is 6.40. The van der Waals surface area contributed by atoms with Crippen LogP contribution in [0.3, 0.4) is 0 Å². The molecule has 0 spiro atoms. The van der Waals surface area contributed by atoms with E-state index in [1.807, 2.05) is 6.07 Å². The van der Waals surface area contributed by atoms with Crippen LogP contribution < -0.4 is 0 Å². The summed E-state index contributed by atoms with van der Waals surface area (Å²) >= 11 is 4.08. The van der Waals surface area contributed by atoms with Crippen LogP contribution >= 0.6 is 12.6 Å². The van der Waals surface area contributed by atoms with Crippen molar-refractivity contribution in [1.82, 2.24) is 0 Å². The zero-order chi connectivity index (χ0) is 7.94. The van der Waals surface area contributed by atoms with Crippen molar-refractivity contribution in [3.05, 3.63) is 48.0 Å². The van der Waals surface area contributed by atoms with E-state index in [0.29, 0.717) is 0 Å². The molecule has 0 fully saturated rings. The predicted molar refractivity (Wildman–Crippen MR) is 53.1 cm³/mol. The Morgan fingerprint density at radius 2 is 1.82 bits per heavy atom. The van der Waals surface area contributed by atoms with Gasteiger partial charge in [-0.15, -0.1) is 0 Å². The Hall–Kier alpha value is -0.690. The van der Waals surface area contributed by atoms with Gasteiger partial charge in [-0.1, -0.05) is 42.5 Å². The molecule has 0 nitrogen and oxygen atoms in total. The van der Waals surface area contributed by atoms with Gasteiger partial charge in [0.25, 0.3) is 0 Å². The summed E-state index contributed by atoms with van der Waals surface area (Å²) in [4.78, 5) is 0. The second-order valence-electron chi connectivity index (χ2n) is 2.34. The number of allylic oxidation sites excluding steroid dienone is 1. The SMILES string of the molecule is SC/C=C/Cc1ccccc1. The maximum absolute atomic E-state index is 4.08. The lowest BCUT2D eigenvalue weighted by Gasteiger charge is -1.92. The molecule has 0 unspecified atom stereocenters. The first kappa shape index (κ1) is 8.41. The summed E-state index contributed by atoms with van der Waals surface area (Å²) < 4.78 is 0. The van der Waals surface area contributed by atoms with Gasteiger partial charge in [0.15, 0.2) is 0 Å². The van der Waals surface area contributed by atoms with E-state index in [-0.39, 0.29) is 0 Å². The Bertz CT molecular complexity index is 214. The topological polar surface area (TPSA) is 0 Å². The molecular formula is C10H12S. The van der Waals surface area contributed by atoms with Crippen LogP contribution in [0.4, 0.5) is 0 Å². The molecule has 0 amide bonds. The fraction of sp³-hybridized carbons (Fsp3) is 0.200. The van der Waals surface area contributed by atoms with Crippen LogP contribution in [0.1, 0.15) is 5.56 Å². The average Bonchev–Trinajstić information content (AvgIpc) is 2.07. The Kier molecular flexibility index (Phi) is 3.84. The van der Waals surface area contributed by atoms with E-state index in [4.69, 9.17) is 0 Å². The van der Waals surface area contributed by atoms with Gasteiger partial charge in [-0.2, -0.15) is 12.6 Å². The molecule has 58 valence electrons. The van der Waals surface area contributed by atoms with Crippen LogP contribution in [0.25, 0.3) is 0 Å². The quantitative estimate of drug-likeness (QED) is 0.515. The average molecular weight is 164 g/mol. The van der Waals surface area contributed by atoms with E-state index >= 15 is 0 Å². The lowest BCUT2D eigenvalue weighted by Crippen LogP contribution is -1.78. The minimum Gasteiger partial charge on any atom is -0.175 e. The van der Waals surface area contributed by atoms with Gasteiger partial charge in [-0.25, -0.2) is 0 Å². The number of rotatable bonds is 3. The van der Waals surface area contributed by atoms with Crippen LogP contribution in [-0.2, 0) is 6.42 Å². The third-order valence-electron chi connectivity index (χ3n) is 1.47. The number of hydrogen-bond acceptors (Lipinski definition) is 1. The maximum Gasteiger partial charge on any atom is 0.00826 e. The van der Waals surface area contributed by atoms with Crippen molar-refractivity contribution in [2.45, 2.75) is 6.42 Å². The molecule has 0 N–H and O–H groups in total. The highest BCUT2D eigenvalue weighted by molar-refractivity contribution is 7.80. The highest BCUT2D eigenvalue weighted by Crippen LogP contribution is 1.99. The van der Waals surface area contributed by atoms with E-state index in [1.165, 1.54) is 5.56 Å². The fourth-order valence-electron chi connectivity index (χ4n) is 0.908. The van der Waals surface area contributed by atoms with E-state index in [9.17, 15) is 0 Å². The maximum atomic E-state index is 4.08. The Labute approximate surface area is 73.4 Å². The van der Waals surface area contributed by atoms with Gasteiger partial charge in [-0.3, -0.25) is 0 Å². The van der Waals surface area contributed by atoms with E-state index in [0.717, 1.165) is 12.2 Å². The van der Waals surface area contributed by atoms with Gasteiger partial charge in [-0.05, 0) is 12.0 Å². The fourth-order valence-corrected chi connectivity index (χ4v) is 1.06. The first-order valence-corrected chi connectivity index (χ1v) is 4.36. The Morgan fingerprint density at radius 3 is 2.45 bits per heavy atom. The van der Waals surface area contributed by atoms with Gasteiger partial charge in [0, 0.05) is 5.75 Å². The van der Waals surface area contributed by atoms with E-state index < -0.39 is 0 Å². The normalized spacial score (nSPS) is 10.6. The summed E-state index contributed by atoms with van der Waals surface area (Å²) in [6.07, 6.45) is 5.22. The molecule has 1 heteroatoms. The molecule has 0 saturated heterocycles. The van der Waals surface area contributed by atoms with Crippen molar-refractivity contribution >= 4 is 12.6 Å². The Morgan fingerprint density at radius 1 is 1.09 bits per heavy atom. The van der Waals surface area contributed by atoms with Crippen molar-refractivity contribution in [2.75, 3.05) is 5.75 Å².